The minimum absolute atomic E-state index is 0.156. The molecule has 18 heavy (non-hydrogen) atoms. The fraction of sp³-hybridized carbons (Fsp3) is 0.500. The predicted molar refractivity (Wildman–Crippen MR) is 67.7 cm³/mol. The molecule has 1 aromatic heterocycles. The van der Waals surface area contributed by atoms with Crippen molar-refractivity contribution in [3.63, 3.8) is 0 Å². The summed E-state index contributed by atoms with van der Waals surface area (Å²) >= 11 is 0. The number of nitriles is 1. The number of nitrogens with one attached hydrogen (secondary N) is 2. The molecular formula is C12H17N5O. The lowest BCUT2D eigenvalue weighted by Crippen LogP contribution is -2.47. The number of nitrogens with zero attached hydrogens (tertiary/aromatic N) is 3. The van der Waals surface area contributed by atoms with Gasteiger partial charge < -0.3 is 10.6 Å². The number of carbonyl (C=O) groups excluding carboxylic acids is 1. The van der Waals surface area contributed by atoms with E-state index in [9.17, 15) is 4.79 Å². The van der Waals surface area contributed by atoms with Gasteiger partial charge in [0, 0.05) is 5.54 Å². The third-order valence-corrected chi connectivity index (χ3v) is 2.09. The van der Waals surface area contributed by atoms with Crippen LogP contribution in [-0.2, 0) is 4.79 Å². The van der Waals surface area contributed by atoms with Crippen LogP contribution in [-0.4, -0.2) is 27.7 Å². The Bertz CT molecular complexity index is 472. The molecule has 1 amide bonds. The molecule has 0 aliphatic rings. The largest absolute Gasteiger partial charge is 0.356 e. The summed E-state index contributed by atoms with van der Waals surface area (Å²) in [6, 6.07) is 3.04. The molecule has 1 heterocycles. The Labute approximate surface area is 106 Å². The number of anilines is 1. The van der Waals surface area contributed by atoms with Crippen molar-refractivity contribution in [2.24, 2.45) is 0 Å². The average Bonchev–Trinajstić information content (AvgIpc) is 2.27. The molecule has 0 aliphatic heterocycles. The van der Waals surface area contributed by atoms with Crippen LogP contribution in [0.4, 0.5) is 5.82 Å². The molecule has 1 atom stereocenters. The highest BCUT2D eigenvalue weighted by atomic mass is 16.2. The Hall–Kier alpha value is -2.16. The zero-order valence-electron chi connectivity index (χ0n) is 11.0. The summed E-state index contributed by atoms with van der Waals surface area (Å²) < 4.78 is 0. The molecule has 6 heteroatoms. The zero-order valence-corrected chi connectivity index (χ0v) is 11.0. The van der Waals surface area contributed by atoms with Crippen molar-refractivity contribution in [2.75, 3.05) is 5.32 Å². The van der Waals surface area contributed by atoms with Gasteiger partial charge >= 0.3 is 0 Å². The number of aromatic nitrogens is 2. The van der Waals surface area contributed by atoms with Gasteiger partial charge in [0.25, 0.3) is 0 Å². The Kier molecular flexibility index (Phi) is 4.21. The molecule has 0 aliphatic carbocycles. The molecule has 0 spiro atoms. The molecule has 6 nitrogen and oxygen atoms in total. The topological polar surface area (TPSA) is 90.7 Å². The maximum Gasteiger partial charge on any atom is 0.242 e. The number of hydrogen-bond acceptors (Lipinski definition) is 5. The standard InChI is InChI=1S/C12H17N5O/c1-8(11(18)16-12(2,3)4)15-10-9(7-13)5-6-14-17-10/h5-6,8H,1-4H3,(H,15,17)(H,16,18). The lowest BCUT2D eigenvalue weighted by atomic mass is 10.1. The van der Waals surface area contributed by atoms with Gasteiger partial charge in [0.1, 0.15) is 12.1 Å². The van der Waals surface area contributed by atoms with Gasteiger partial charge in [-0.1, -0.05) is 0 Å². The van der Waals surface area contributed by atoms with Crippen molar-refractivity contribution < 1.29 is 4.79 Å². The molecule has 0 fully saturated rings. The normalized spacial score (nSPS) is 12.4. The number of amides is 1. The van der Waals surface area contributed by atoms with E-state index in [2.05, 4.69) is 20.8 Å². The first-order chi connectivity index (χ1) is 8.33. The minimum atomic E-state index is -0.493. The van der Waals surface area contributed by atoms with E-state index >= 15 is 0 Å². The van der Waals surface area contributed by atoms with Crippen LogP contribution < -0.4 is 10.6 Å². The summed E-state index contributed by atoms with van der Waals surface area (Å²) in [6.07, 6.45) is 1.43. The van der Waals surface area contributed by atoms with Gasteiger partial charge in [-0.05, 0) is 33.8 Å². The molecule has 1 unspecified atom stereocenters. The van der Waals surface area contributed by atoms with E-state index in [1.165, 1.54) is 6.20 Å². The quantitative estimate of drug-likeness (QED) is 0.833. The molecule has 0 saturated carbocycles. The van der Waals surface area contributed by atoms with Gasteiger partial charge in [-0.25, -0.2) is 0 Å². The van der Waals surface area contributed by atoms with Gasteiger partial charge in [0.2, 0.25) is 5.91 Å². The third-order valence-electron chi connectivity index (χ3n) is 2.09. The van der Waals surface area contributed by atoms with Crippen molar-refractivity contribution in [1.29, 1.82) is 5.26 Å². The van der Waals surface area contributed by atoms with Crippen LogP contribution in [0.3, 0.4) is 0 Å². The summed E-state index contributed by atoms with van der Waals surface area (Å²) in [5.74, 6) is 0.161. The SMILES string of the molecule is CC(Nc1nnccc1C#N)C(=O)NC(C)(C)C. The van der Waals surface area contributed by atoms with Crippen molar-refractivity contribution >= 4 is 11.7 Å². The summed E-state index contributed by atoms with van der Waals surface area (Å²) in [6.45, 7) is 7.42. The minimum Gasteiger partial charge on any atom is -0.356 e. The fourth-order valence-electron chi connectivity index (χ4n) is 1.28. The van der Waals surface area contributed by atoms with Crippen molar-refractivity contribution in [1.82, 2.24) is 15.5 Å². The summed E-state index contributed by atoms with van der Waals surface area (Å²) in [5.41, 5.74) is 0.0633. The second kappa shape index (κ2) is 5.45. The monoisotopic (exact) mass is 247 g/mol. The van der Waals surface area contributed by atoms with Crippen LogP contribution in [0.5, 0.6) is 0 Å². The first-order valence-electron chi connectivity index (χ1n) is 5.64. The van der Waals surface area contributed by atoms with Gasteiger partial charge in [-0.15, -0.1) is 5.10 Å². The second-order valence-corrected chi connectivity index (χ2v) is 5.01. The van der Waals surface area contributed by atoms with E-state index in [-0.39, 0.29) is 11.4 Å². The lowest BCUT2D eigenvalue weighted by Gasteiger charge is -2.23. The van der Waals surface area contributed by atoms with E-state index in [1.54, 1.807) is 13.0 Å². The maximum atomic E-state index is 11.9. The van der Waals surface area contributed by atoms with E-state index < -0.39 is 6.04 Å². The highest BCUT2D eigenvalue weighted by molar-refractivity contribution is 5.84. The molecule has 2 N–H and O–H groups in total. The second-order valence-electron chi connectivity index (χ2n) is 5.01. The number of carbonyl (C=O) groups is 1. The van der Waals surface area contributed by atoms with Gasteiger partial charge in [-0.3, -0.25) is 4.79 Å². The molecule has 96 valence electrons. The van der Waals surface area contributed by atoms with Crippen molar-refractivity contribution in [3.8, 4) is 6.07 Å². The van der Waals surface area contributed by atoms with Crippen LogP contribution in [0, 0.1) is 11.3 Å². The van der Waals surface area contributed by atoms with E-state index in [4.69, 9.17) is 5.26 Å². The average molecular weight is 247 g/mol. The molecule has 0 aromatic carbocycles. The zero-order chi connectivity index (χ0) is 13.8. The Balaban J connectivity index is 2.73. The van der Waals surface area contributed by atoms with E-state index in [0.29, 0.717) is 11.4 Å². The lowest BCUT2D eigenvalue weighted by molar-refractivity contribution is -0.122. The van der Waals surface area contributed by atoms with Gasteiger partial charge in [-0.2, -0.15) is 10.4 Å². The number of hydrogen-bond donors (Lipinski definition) is 2. The first kappa shape index (κ1) is 13.9. The Morgan fingerprint density at radius 2 is 2.17 bits per heavy atom. The number of rotatable bonds is 3. The molecular weight excluding hydrogens is 230 g/mol. The van der Waals surface area contributed by atoms with Crippen LogP contribution in [0.1, 0.15) is 33.3 Å². The summed E-state index contributed by atoms with van der Waals surface area (Å²) in [4.78, 5) is 11.9. The van der Waals surface area contributed by atoms with Crippen molar-refractivity contribution in [2.45, 2.75) is 39.3 Å². The molecule has 0 saturated heterocycles. The van der Waals surface area contributed by atoms with Gasteiger partial charge in [0.15, 0.2) is 5.82 Å². The first-order valence-corrected chi connectivity index (χ1v) is 5.64. The van der Waals surface area contributed by atoms with Crippen LogP contribution >= 0.6 is 0 Å². The fourth-order valence-corrected chi connectivity index (χ4v) is 1.28. The Morgan fingerprint density at radius 3 is 2.72 bits per heavy atom. The van der Waals surface area contributed by atoms with Crippen LogP contribution in [0.15, 0.2) is 12.3 Å². The van der Waals surface area contributed by atoms with E-state index in [0.717, 1.165) is 0 Å². The molecule has 1 rings (SSSR count). The predicted octanol–water partition coefficient (Wildman–Crippen LogP) is 1.06. The third kappa shape index (κ3) is 4.01. The molecule has 0 radical (unpaired) electrons. The van der Waals surface area contributed by atoms with E-state index in [1.807, 2.05) is 26.8 Å². The maximum absolute atomic E-state index is 11.9. The Morgan fingerprint density at radius 1 is 1.50 bits per heavy atom. The molecule has 0 bridgehead atoms. The van der Waals surface area contributed by atoms with Crippen LogP contribution in [0.2, 0.25) is 0 Å². The summed E-state index contributed by atoms with van der Waals surface area (Å²) in [7, 11) is 0. The smallest absolute Gasteiger partial charge is 0.242 e. The van der Waals surface area contributed by atoms with Gasteiger partial charge in [0.05, 0.1) is 11.8 Å². The molecule has 1 aromatic rings. The van der Waals surface area contributed by atoms with Crippen molar-refractivity contribution in [3.05, 3.63) is 17.8 Å². The summed E-state index contributed by atoms with van der Waals surface area (Å²) in [5, 5.41) is 22.1. The van der Waals surface area contributed by atoms with Crippen LogP contribution in [0.25, 0.3) is 0 Å². The highest BCUT2D eigenvalue weighted by Gasteiger charge is 2.20. The highest BCUT2D eigenvalue weighted by Crippen LogP contribution is 2.10.